The highest BCUT2D eigenvalue weighted by atomic mass is 35.5. The van der Waals surface area contributed by atoms with Crippen LogP contribution in [-0.4, -0.2) is 50.8 Å². The average Bonchev–Trinajstić information content (AvgIpc) is 3.33. The molecule has 1 aromatic carbocycles. The number of thiazole rings is 1. The highest BCUT2D eigenvalue weighted by Crippen LogP contribution is 2.27. The van der Waals surface area contributed by atoms with E-state index in [-0.39, 0.29) is 5.82 Å². The summed E-state index contributed by atoms with van der Waals surface area (Å²) in [4.78, 5) is 12.7. The van der Waals surface area contributed by atoms with Crippen LogP contribution in [0, 0.1) is 19.7 Å². The normalized spacial score (nSPS) is 14.8. The standard InChI is InChI=1S/C23H24ClFN6OS/c1-14-12-26-23(33-14)28-21-11-18(13-30-5-7-32-8-6-30)31-22(27-21)19(15(2)29-31)9-16-3-4-17(24)10-20(16)25/h3-4,10-12H,5-9,13H2,1-2H3,(H,26,27,28). The number of aryl methyl sites for hydroxylation is 2. The molecule has 172 valence electrons. The molecule has 0 bridgehead atoms. The number of hydrogen-bond donors (Lipinski definition) is 1. The van der Waals surface area contributed by atoms with Gasteiger partial charge in [0, 0.05) is 53.8 Å². The van der Waals surface area contributed by atoms with Crippen molar-refractivity contribution in [1.82, 2.24) is 24.5 Å². The number of ether oxygens (including phenoxy) is 1. The molecule has 0 spiro atoms. The first kappa shape index (κ1) is 22.2. The first-order valence-corrected chi connectivity index (χ1v) is 12.0. The van der Waals surface area contributed by atoms with Gasteiger partial charge in [0.05, 0.1) is 24.6 Å². The molecule has 0 aliphatic carbocycles. The second-order valence-electron chi connectivity index (χ2n) is 8.13. The third kappa shape index (κ3) is 4.86. The fourth-order valence-electron chi connectivity index (χ4n) is 3.98. The molecule has 1 N–H and O–H groups in total. The van der Waals surface area contributed by atoms with Crippen molar-refractivity contribution in [1.29, 1.82) is 0 Å². The van der Waals surface area contributed by atoms with Gasteiger partial charge in [0.25, 0.3) is 0 Å². The number of anilines is 2. The molecule has 0 unspecified atom stereocenters. The quantitative estimate of drug-likeness (QED) is 0.424. The van der Waals surface area contributed by atoms with Crippen molar-refractivity contribution in [2.75, 3.05) is 31.6 Å². The first-order valence-electron chi connectivity index (χ1n) is 10.8. The van der Waals surface area contributed by atoms with E-state index in [0.29, 0.717) is 35.0 Å². The number of nitrogens with zero attached hydrogens (tertiary/aromatic N) is 5. The van der Waals surface area contributed by atoms with Crippen molar-refractivity contribution >= 4 is 39.5 Å². The van der Waals surface area contributed by atoms with Gasteiger partial charge < -0.3 is 10.1 Å². The highest BCUT2D eigenvalue weighted by Gasteiger charge is 2.20. The maximum absolute atomic E-state index is 14.6. The average molecular weight is 487 g/mol. The minimum atomic E-state index is -0.331. The molecule has 0 radical (unpaired) electrons. The molecule has 4 heterocycles. The van der Waals surface area contributed by atoms with Crippen LogP contribution in [0.15, 0.2) is 30.5 Å². The predicted octanol–water partition coefficient (Wildman–Crippen LogP) is 4.76. The Bertz CT molecular complexity index is 1300. The number of morpholine rings is 1. The Balaban J connectivity index is 1.57. The number of fused-ring (bicyclic) bond motifs is 1. The monoisotopic (exact) mass is 486 g/mol. The Morgan fingerprint density at radius 3 is 2.76 bits per heavy atom. The van der Waals surface area contributed by atoms with Crippen LogP contribution in [0.3, 0.4) is 0 Å². The molecular formula is C23H24ClFN6OS. The zero-order chi connectivity index (χ0) is 22.9. The van der Waals surface area contributed by atoms with Crippen molar-refractivity contribution in [3.05, 3.63) is 68.7 Å². The predicted molar refractivity (Wildman–Crippen MR) is 128 cm³/mol. The smallest absolute Gasteiger partial charge is 0.188 e. The summed E-state index contributed by atoms with van der Waals surface area (Å²) in [5, 5.41) is 9.27. The molecule has 0 amide bonds. The second-order valence-corrected chi connectivity index (χ2v) is 9.81. The van der Waals surface area contributed by atoms with Crippen LogP contribution in [0.1, 0.15) is 27.4 Å². The lowest BCUT2D eigenvalue weighted by atomic mass is 10.0. The summed E-state index contributed by atoms with van der Waals surface area (Å²) in [5.74, 6) is 0.361. The molecule has 7 nitrogen and oxygen atoms in total. The molecule has 0 saturated carbocycles. The van der Waals surface area contributed by atoms with E-state index in [1.54, 1.807) is 23.5 Å². The third-order valence-corrected chi connectivity index (χ3v) is 6.75. The Labute approximate surface area is 200 Å². The molecule has 1 aliphatic heterocycles. The maximum Gasteiger partial charge on any atom is 0.188 e. The van der Waals surface area contributed by atoms with Crippen LogP contribution in [0.25, 0.3) is 5.65 Å². The maximum atomic E-state index is 14.6. The molecule has 0 atom stereocenters. The van der Waals surface area contributed by atoms with Crippen molar-refractivity contribution in [3.63, 3.8) is 0 Å². The van der Waals surface area contributed by atoms with E-state index in [9.17, 15) is 4.39 Å². The Morgan fingerprint density at radius 2 is 2.03 bits per heavy atom. The zero-order valence-electron chi connectivity index (χ0n) is 18.4. The van der Waals surface area contributed by atoms with E-state index in [4.69, 9.17) is 26.4 Å². The molecule has 1 saturated heterocycles. The number of halogens is 2. The van der Waals surface area contributed by atoms with Crippen LogP contribution in [-0.2, 0) is 17.7 Å². The lowest BCUT2D eigenvalue weighted by molar-refractivity contribution is 0.0334. The first-order chi connectivity index (χ1) is 16.0. The van der Waals surface area contributed by atoms with Gasteiger partial charge in [0.1, 0.15) is 11.6 Å². The summed E-state index contributed by atoms with van der Waals surface area (Å²) in [7, 11) is 0. The number of rotatable bonds is 6. The van der Waals surface area contributed by atoms with Crippen LogP contribution < -0.4 is 5.32 Å². The van der Waals surface area contributed by atoms with Crippen molar-refractivity contribution in [3.8, 4) is 0 Å². The third-order valence-electron chi connectivity index (χ3n) is 5.69. The van der Waals surface area contributed by atoms with Crippen molar-refractivity contribution in [2.45, 2.75) is 26.8 Å². The molecule has 4 aromatic rings. The Morgan fingerprint density at radius 1 is 1.21 bits per heavy atom. The topological polar surface area (TPSA) is 67.6 Å². The molecular weight excluding hydrogens is 463 g/mol. The van der Waals surface area contributed by atoms with E-state index >= 15 is 0 Å². The highest BCUT2D eigenvalue weighted by molar-refractivity contribution is 7.15. The number of aromatic nitrogens is 4. The van der Waals surface area contributed by atoms with Gasteiger partial charge in [-0.15, -0.1) is 11.3 Å². The molecule has 5 rings (SSSR count). The summed E-state index contributed by atoms with van der Waals surface area (Å²) >= 11 is 7.51. The summed E-state index contributed by atoms with van der Waals surface area (Å²) in [6.45, 7) is 7.83. The fourth-order valence-corrected chi connectivity index (χ4v) is 4.81. The van der Waals surface area contributed by atoms with E-state index < -0.39 is 0 Å². The van der Waals surface area contributed by atoms with Gasteiger partial charge in [0.2, 0.25) is 0 Å². The molecule has 3 aromatic heterocycles. The summed E-state index contributed by atoms with van der Waals surface area (Å²) in [5.41, 5.74) is 3.98. The number of hydrogen-bond acceptors (Lipinski definition) is 7. The van der Waals surface area contributed by atoms with Crippen LogP contribution >= 0.6 is 22.9 Å². The Hall–Kier alpha value is -2.59. The molecule has 1 aliphatic rings. The SMILES string of the molecule is Cc1cnc(Nc2cc(CN3CCOCC3)n3nc(C)c(Cc4ccc(Cl)cc4F)c3n2)s1. The van der Waals surface area contributed by atoms with Gasteiger partial charge in [-0.2, -0.15) is 5.10 Å². The lowest BCUT2D eigenvalue weighted by Crippen LogP contribution is -2.36. The molecule has 33 heavy (non-hydrogen) atoms. The zero-order valence-corrected chi connectivity index (χ0v) is 20.0. The molecule has 10 heteroatoms. The van der Waals surface area contributed by atoms with E-state index in [1.165, 1.54) is 6.07 Å². The van der Waals surface area contributed by atoms with Crippen LogP contribution in [0.5, 0.6) is 0 Å². The summed E-state index contributed by atoms with van der Waals surface area (Å²) < 4.78 is 21.9. The second kappa shape index (κ2) is 9.34. The van der Waals surface area contributed by atoms with Gasteiger partial charge >= 0.3 is 0 Å². The summed E-state index contributed by atoms with van der Waals surface area (Å²) in [6.07, 6.45) is 2.21. The number of benzene rings is 1. The van der Waals surface area contributed by atoms with E-state index in [0.717, 1.165) is 53.3 Å². The van der Waals surface area contributed by atoms with Gasteiger partial charge in [-0.05, 0) is 31.5 Å². The van der Waals surface area contributed by atoms with Gasteiger partial charge in [-0.25, -0.2) is 18.9 Å². The fraction of sp³-hybridized carbons (Fsp3) is 0.348. The van der Waals surface area contributed by atoms with Gasteiger partial charge in [0.15, 0.2) is 10.8 Å². The van der Waals surface area contributed by atoms with Gasteiger partial charge in [-0.1, -0.05) is 17.7 Å². The van der Waals surface area contributed by atoms with Crippen molar-refractivity contribution in [2.24, 2.45) is 0 Å². The largest absolute Gasteiger partial charge is 0.379 e. The van der Waals surface area contributed by atoms with Gasteiger partial charge in [-0.3, -0.25) is 4.90 Å². The minimum absolute atomic E-state index is 0.331. The van der Waals surface area contributed by atoms with E-state index in [2.05, 4.69) is 15.2 Å². The van der Waals surface area contributed by atoms with Crippen molar-refractivity contribution < 1.29 is 9.13 Å². The minimum Gasteiger partial charge on any atom is -0.379 e. The van der Waals surface area contributed by atoms with E-state index in [1.807, 2.05) is 30.6 Å². The lowest BCUT2D eigenvalue weighted by Gasteiger charge is -2.26. The summed E-state index contributed by atoms with van der Waals surface area (Å²) in [6, 6.07) is 6.77. The van der Waals surface area contributed by atoms with Crippen LogP contribution in [0.4, 0.5) is 15.3 Å². The number of nitrogens with one attached hydrogen (secondary N) is 1. The molecule has 1 fully saturated rings. The van der Waals surface area contributed by atoms with Crippen LogP contribution in [0.2, 0.25) is 5.02 Å². The Kier molecular flexibility index (Phi) is 6.29.